The summed E-state index contributed by atoms with van der Waals surface area (Å²) in [6.07, 6.45) is 1.80. The fourth-order valence-electron chi connectivity index (χ4n) is 2.81. The first-order valence-corrected chi connectivity index (χ1v) is 10.8. The van der Waals surface area contributed by atoms with Gasteiger partial charge >= 0.3 is 0 Å². The lowest BCUT2D eigenvalue weighted by Gasteiger charge is -2.14. The van der Waals surface area contributed by atoms with E-state index in [4.69, 9.17) is 11.6 Å². The van der Waals surface area contributed by atoms with E-state index in [0.717, 1.165) is 22.6 Å². The monoisotopic (exact) mass is 441 g/mol. The standard InChI is InChI=1S/C22H24ClN5OS/c1-4-12-28-21(17-6-5-7-19(13-17)27(2)3)25-26-22(28)30-15-20(29)24-14-16-8-10-18(23)11-9-16/h4-11,13H,1,12,14-15H2,2-3H3,(H,24,29). The van der Waals surface area contributed by atoms with Crippen LogP contribution in [0.25, 0.3) is 11.4 Å². The van der Waals surface area contributed by atoms with Crippen LogP contribution in [0.1, 0.15) is 5.56 Å². The predicted octanol–water partition coefficient (Wildman–Crippen LogP) is 4.26. The molecule has 1 heterocycles. The number of hydrogen-bond donors (Lipinski definition) is 1. The maximum Gasteiger partial charge on any atom is 0.230 e. The Kier molecular flexibility index (Phi) is 7.54. The van der Waals surface area contributed by atoms with Gasteiger partial charge < -0.3 is 10.2 Å². The zero-order valence-electron chi connectivity index (χ0n) is 17.0. The average Bonchev–Trinajstić information content (AvgIpc) is 3.15. The highest BCUT2D eigenvalue weighted by atomic mass is 35.5. The second kappa shape index (κ2) is 10.3. The van der Waals surface area contributed by atoms with Crippen molar-refractivity contribution in [3.8, 4) is 11.4 Å². The molecule has 3 rings (SSSR count). The highest BCUT2D eigenvalue weighted by Crippen LogP contribution is 2.26. The van der Waals surface area contributed by atoms with Crippen LogP contribution in [-0.2, 0) is 17.9 Å². The average molecular weight is 442 g/mol. The summed E-state index contributed by atoms with van der Waals surface area (Å²) in [5.41, 5.74) is 3.04. The normalized spacial score (nSPS) is 10.6. The van der Waals surface area contributed by atoms with Crippen LogP contribution in [0.3, 0.4) is 0 Å². The lowest BCUT2D eigenvalue weighted by molar-refractivity contribution is -0.118. The van der Waals surface area contributed by atoms with Crippen LogP contribution < -0.4 is 10.2 Å². The number of amides is 1. The number of carbonyl (C=O) groups excluding carboxylic acids is 1. The van der Waals surface area contributed by atoms with Gasteiger partial charge in [-0.15, -0.1) is 16.8 Å². The fourth-order valence-corrected chi connectivity index (χ4v) is 3.71. The Bertz CT molecular complexity index is 1020. The van der Waals surface area contributed by atoms with Gasteiger partial charge in [0.05, 0.1) is 5.75 Å². The van der Waals surface area contributed by atoms with E-state index < -0.39 is 0 Å². The van der Waals surface area contributed by atoms with Crippen molar-refractivity contribution in [1.82, 2.24) is 20.1 Å². The summed E-state index contributed by atoms with van der Waals surface area (Å²) in [4.78, 5) is 14.3. The number of allylic oxidation sites excluding steroid dienone is 1. The Morgan fingerprint density at radius 1 is 1.23 bits per heavy atom. The zero-order valence-corrected chi connectivity index (χ0v) is 18.6. The van der Waals surface area contributed by atoms with Gasteiger partial charge in [-0.2, -0.15) is 0 Å². The molecule has 30 heavy (non-hydrogen) atoms. The third-order valence-electron chi connectivity index (χ3n) is 4.38. The molecule has 0 aliphatic rings. The van der Waals surface area contributed by atoms with Crippen LogP contribution in [0.4, 0.5) is 5.69 Å². The number of rotatable bonds is 9. The van der Waals surface area contributed by atoms with E-state index in [-0.39, 0.29) is 11.7 Å². The van der Waals surface area contributed by atoms with Crippen LogP contribution in [0.2, 0.25) is 5.02 Å². The van der Waals surface area contributed by atoms with Crippen LogP contribution in [0, 0.1) is 0 Å². The molecule has 8 heteroatoms. The number of aromatic nitrogens is 3. The summed E-state index contributed by atoms with van der Waals surface area (Å²) in [7, 11) is 4.00. The number of benzene rings is 2. The molecule has 0 spiro atoms. The number of halogens is 1. The molecule has 1 aromatic heterocycles. The first kappa shape index (κ1) is 21.9. The molecule has 0 aliphatic heterocycles. The van der Waals surface area contributed by atoms with Crippen molar-refractivity contribution < 1.29 is 4.79 Å². The van der Waals surface area contributed by atoms with Gasteiger partial charge in [0, 0.05) is 43.5 Å². The van der Waals surface area contributed by atoms with E-state index in [1.165, 1.54) is 11.8 Å². The molecule has 0 radical (unpaired) electrons. The number of nitrogens with one attached hydrogen (secondary N) is 1. The topological polar surface area (TPSA) is 63.1 Å². The molecule has 0 unspecified atom stereocenters. The van der Waals surface area contributed by atoms with E-state index in [2.05, 4.69) is 28.2 Å². The summed E-state index contributed by atoms with van der Waals surface area (Å²) in [6.45, 7) is 4.85. The molecule has 0 bridgehead atoms. The minimum Gasteiger partial charge on any atom is -0.378 e. The van der Waals surface area contributed by atoms with Crippen molar-refractivity contribution in [2.45, 2.75) is 18.2 Å². The molecule has 3 aromatic rings. The smallest absolute Gasteiger partial charge is 0.230 e. The summed E-state index contributed by atoms with van der Waals surface area (Å²) >= 11 is 7.24. The van der Waals surface area contributed by atoms with Gasteiger partial charge in [-0.25, -0.2) is 0 Å². The summed E-state index contributed by atoms with van der Waals surface area (Å²) in [5, 5.41) is 12.9. The van der Waals surface area contributed by atoms with Gasteiger partial charge in [-0.05, 0) is 29.8 Å². The van der Waals surface area contributed by atoms with Crippen molar-refractivity contribution in [3.05, 3.63) is 71.8 Å². The Hall–Kier alpha value is -2.77. The Morgan fingerprint density at radius 3 is 2.70 bits per heavy atom. The fraction of sp³-hybridized carbons (Fsp3) is 0.227. The first-order chi connectivity index (χ1) is 14.5. The van der Waals surface area contributed by atoms with Crippen molar-refractivity contribution in [1.29, 1.82) is 0 Å². The number of thioether (sulfide) groups is 1. The second-order valence-electron chi connectivity index (χ2n) is 6.84. The molecule has 156 valence electrons. The van der Waals surface area contributed by atoms with Gasteiger partial charge in [0.2, 0.25) is 5.91 Å². The Balaban J connectivity index is 1.67. The lowest BCUT2D eigenvalue weighted by Crippen LogP contribution is -2.24. The van der Waals surface area contributed by atoms with E-state index in [1.807, 2.05) is 66.0 Å². The van der Waals surface area contributed by atoms with Crippen molar-refractivity contribution in [2.75, 3.05) is 24.7 Å². The van der Waals surface area contributed by atoms with Crippen LogP contribution >= 0.6 is 23.4 Å². The van der Waals surface area contributed by atoms with Crippen molar-refractivity contribution in [2.24, 2.45) is 0 Å². The van der Waals surface area contributed by atoms with Gasteiger partial charge in [0.1, 0.15) is 0 Å². The quantitative estimate of drug-likeness (QED) is 0.397. The first-order valence-electron chi connectivity index (χ1n) is 9.43. The maximum atomic E-state index is 12.3. The third kappa shape index (κ3) is 5.64. The molecule has 0 atom stereocenters. The summed E-state index contributed by atoms with van der Waals surface area (Å²) in [5.74, 6) is 0.933. The van der Waals surface area contributed by atoms with Gasteiger partial charge in [0.15, 0.2) is 11.0 Å². The second-order valence-corrected chi connectivity index (χ2v) is 8.22. The minimum absolute atomic E-state index is 0.0701. The highest BCUT2D eigenvalue weighted by molar-refractivity contribution is 7.99. The van der Waals surface area contributed by atoms with Crippen LogP contribution in [0.5, 0.6) is 0 Å². The molecule has 6 nitrogen and oxygen atoms in total. The van der Waals surface area contributed by atoms with Gasteiger partial charge in [0.25, 0.3) is 0 Å². The molecule has 0 saturated carbocycles. The number of nitrogens with zero attached hydrogens (tertiary/aromatic N) is 4. The predicted molar refractivity (Wildman–Crippen MR) is 124 cm³/mol. The number of carbonyl (C=O) groups is 1. The SMILES string of the molecule is C=CCn1c(SCC(=O)NCc2ccc(Cl)cc2)nnc1-c1cccc(N(C)C)c1. The van der Waals surface area contributed by atoms with Crippen LogP contribution in [-0.4, -0.2) is 40.5 Å². The van der Waals surface area contributed by atoms with Crippen molar-refractivity contribution in [3.63, 3.8) is 0 Å². The molecule has 1 amide bonds. The minimum atomic E-state index is -0.0701. The maximum absolute atomic E-state index is 12.3. The molecular weight excluding hydrogens is 418 g/mol. The number of anilines is 1. The summed E-state index contributed by atoms with van der Waals surface area (Å²) in [6, 6.07) is 15.5. The Morgan fingerprint density at radius 2 is 2.00 bits per heavy atom. The molecule has 0 saturated heterocycles. The van der Waals surface area contributed by atoms with Crippen LogP contribution in [0.15, 0.2) is 66.3 Å². The van der Waals surface area contributed by atoms with E-state index in [0.29, 0.717) is 23.3 Å². The molecule has 0 aliphatic carbocycles. The molecule has 0 fully saturated rings. The molecule has 2 aromatic carbocycles. The number of hydrogen-bond acceptors (Lipinski definition) is 5. The largest absolute Gasteiger partial charge is 0.378 e. The van der Waals surface area contributed by atoms with E-state index >= 15 is 0 Å². The van der Waals surface area contributed by atoms with Gasteiger partial charge in [-0.1, -0.05) is 53.7 Å². The van der Waals surface area contributed by atoms with E-state index in [1.54, 1.807) is 6.08 Å². The third-order valence-corrected chi connectivity index (χ3v) is 5.60. The van der Waals surface area contributed by atoms with Crippen molar-refractivity contribution >= 4 is 35.0 Å². The highest BCUT2D eigenvalue weighted by Gasteiger charge is 2.15. The lowest BCUT2D eigenvalue weighted by atomic mass is 10.2. The Labute approximate surface area is 186 Å². The van der Waals surface area contributed by atoms with E-state index in [9.17, 15) is 4.79 Å². The molecular formula is C22H24ClN5OS. The molecule has 1 N–H and O–H groups in total. The summed E-state index contributed by atoms with van der Waals surface area (Å²) < 4.78 is 1.97. The zero-order chi connectivity index (χ0) is 21.5. The van der Waals surface area contributed by atoms with Gasteiger partial charge in [-0.3, -0.25) is 9.36 Å².